The highest BCUT2D eigenvalue weighted by molar-refractivity contribution is 5.95. The number of nitrogens with zero attached hydrogens (tertiary/aromatic N) is 3. The lowest BCUT2D eigenvalue weighted by molar-refractivity contribution is -0.119. The molecule has 1 fully saturated rings. The van der Waals surface area contributed by atoms with Crippen LogP contribution in [0.3, 0.4) is 0 Å². The molecular formula is C24H29N3O2. The van der Waals surface area contributed by atoms with Crippen molar-refractivity contribution < 1.29 is 9.59 Å². The van der Waals surface area contributed by atoms with Crippen molar-refractivity contribution in [3.8, 4) is 0 Å². The normalized spacial score (nSPS) is 17.5. The molecule has 0 saturated carbocycles. The van der Waals surface area contributed by atoms with Gasteiger partial charge in [-0.15, -0.1) is 0 Å². The summed E-state index contributed by atoms with van der Waals surface area (Å²) < 4.78 is 0. The molecule has 0 bridgehead atoms. The fraction of sp³-hybridized carbons (Fsp3) is 0.417. The molecule has 0 spiro atoms. The van der Waals surface area contributed by atoms with Crippen LogP contribution in [-0.4, -0.2) is 60.9 Å². The van der Waals surface area contributed by atoms with Crippen molar-refractivity contribution in [1.82, 2.24) is 9.80 Å². The Kier molecular flexibility index (Phi) is 6.25. The van der Waals surface area contributed by atoms with Gasteiger partial charge in [-0.3, -0.25) is 9.59 Å². The highest BCUT2D eigenvalue weighted by Crippen LogP contribution is 2.27. The lowest BCUT2D eigenvalue weighted by atomic mass is 10.0. The van der Waals surface area contributed by atoms with Gasteiger partial charge in [0.05, 0.1) is 0 Å². The van der Waals surface area contributed by atoms with E-state index in [2.05, 4.69) is 17.0 Å². The second-order valence-electron chi connectivity index (χ2n) is 7.88. The van der Waals surface area contributed by atoms with Crippen LogP contribution in [0.2, 0.25) is 0 Å². The van der Waals surface area contributed by atoms with Crippen LogP contribution in [0.25, 0.3) is 0 Å². The Morgan fingerprint density at radius 3 is 2.45 bits per heavy atom. The van der Waals surface area contributed by atoms with Gasteiger partial charge in [-0.05, 0) is 49.6 Å². The quantitative estimate of drug-likeness (QED) is 0.804. The second kappa shape index (κ2) is 9.23. The molecule has 2 aromatic rings. The molecule has 29 heavy (non-hydrogen) atoms. The number of carbonyl (C=O) groups is 2. The summed E-state index contributed by atoms with van der Waals surface area (Å²) in [5, 5.41) is 0. The summed E-state index contributed by atoms with van der Waals surface area (Å²) >= 11 is 0. The average molecular weight is 392 g/mol. The van der Waals surface area contributed by atoms with Gasteiger partial charge in [0.1, 0.15) is 0 Å². The molecule has 0 N–H and O–H groups in total. The Labute approximate surface area is 172 Å². The van der Waals surface area contributed by atoms with Crippen LogP contribution >= 0.6 is 0 Å². The van der Waals surface area contributed by atoms with E-state index in [9.17, 15) is 9.59 Å². The number of hydrogen-bond acceptors (Lipinski definition) is 3. The fourth-order valence-corrected chi connectivity index (χ4v) is 4.34. The highest BCUT2D eigenvalue weighted by atomic mass is 16.2. The Morgan fingerprint density at radius 2 is 1.59 bits per heavy atom. The van der Waals surface area contributed by atoms with E-state index in [0.29, 0.717) is 13.0 Å². The van der Waals surface area contributed by atoms with Crippen molar-refractivity contribution in [3.05, 3.63) is 65.7 Å². The van der Waals surface area contributed by atoms with Crippen molar-refractivity contribution in [2.45, 2.75) is 25.7 Å². The van der Waals surface area contributed by atoms with Crippen LogP contribution in [0.5, 0.6) is 0 Å². The van der Waals surface area contributed by atoms with Crippen LogP contribution in [0, 0.1) is 0 Å². The summed E-state index contributed by atoms with van der Waals surface area (Å²) in [6, 6.07) is 17.7. The van der Waals surface area contributed by atoms with Gasteiger partial charge < -0.3 is 14.7 Å². The van der Waals surface area contributed by atoms with Crippen molar-refractivity contribution in [2.24, 2.45) is 0 Å². The summed E-state index contributed by atoms with van der Waals surface area (Å²) in [5.74, 6) is 0.312. The summed E-state index contributed by atoms with van der Waals surface area (Å²) in [4.78, 5) is 31.8. The predicted octanol–water partition coefficient (Wildman–Crippen LogP) is 3.20. The van der Waals surface area contributed by atoms with Gasteiger partial charge in [0.15, 0.2) is 0 Å². The minimum Gasteiger partial charge on any atom is -0.337 e. The monoisotopic (exact) mass is 391 g/mol. The van der Waals surface area contributed by atoms with Crippen molar-refractivity contribution in [2.75, 3.05) is 44.2 Å². The van der Waals surface area contributed by atoms with Gasteiger partial charge in [0, 0.05) is 50.4 Å². The molecule has 0 aliphatic carbocycles. The second-order valence-corrected chi connectivity index (χ2v) is 7.88. The van der Waals surface area contributed by atoms with Crippen LogP contribution in [0.4, 0.5) is 5.69 Å². The molecule has 2 heterocycles. The maximum atomic E-state index is 12.9. The maximum Gasteiger partial charge on any atom is 0.253 e. The first-order valence-corrected chi connectivity index (χ1v) is 10.7. The van der Waals surface area contributed by atoms with Crippen molar-refractivity contribution in [1.29, 1.82) is 0 Å². The number of benzene rings is 2. The molecule has 2 aromatic carbocycles. The molecule has 0 radical (unpaired) electrons. The number of anilines is 1. The number of rotatable bonds is 4. The van der Waals surface area contributed by atoms with Crippen LogP contribution in [0.15, 0.2) is 54.6 Å². The predicted molar refractivity (Wildman–Crippen MR) is 115 cm³/mol. The zero-order chi connectivity index (χ0) is 20.1. The third-order valence-corrected chi connectivity index (χ3v) is 5.95. The van der Waals surface area contributed by atoms with E-state index in [1.165, 1.54) is 5.56 Å². The van der Waals surface area contributed by atoms with Crippen LogP contribution < -0.4 is 4.90 Å². The standard InChI is InChI=1S/C24H29N3O2/c28-23(27-16-6-11-20-8-4-5-12-22(20)27)13-17-25-14-7-15-26(19-18-25)24(29)21-9-2-1-3-10-21/h1-5,8-10,12H,6-7,11,13-19H2. The topological polar surface area (TPSA) is 43.9 Å². The smallest absolute Gasteiger partial charge is 0.253 e. The van der Waals surface area contributed by atoms with Gasteiger partial charge in [-0.25, -0.2) is 0 Å². The summed E-state index contributed by atoms with van der Waals surface area (Å²) in [6.45, 7) is 4.82. The molecular weight excluding hydrogens is 362 g/mol. The molecule has 2 amide bonds. The van der Waals surface area contributed by atoms with E-state index < -0.39 is 0 Å². The van der Waals surface area contributed by atoms with Gasteiger partial charge >= 0.3 is 0 Å². The molecule has 0 atom stereocenters. The lowest BCUT2D eigenvalue weighted by Gasteiger charge is -2.30. The lowest BCUT2D eigenvalue weighted by Crippen LogP contribution is -2.39. The highest BCUT2D eigenvalue weighted by Gasteiger charge is 2.24. The first kappa shape index (κ1) is 19.6. The largest absolute Gasteiger partial charge is 0.337 e. The minimum atomic E-state index is 0.105. The SMILES string of the molecule is O=C(c1ccccc1)N1CCCN(CCC(=O)N2CCCc3ccccc32)CC1. The van der Waals surface area contributed by atoms with E-state index in [-0.39, 0.29) is 11.8 Å². The van der Waals surface area contributed by atoms with Crippen molar-refractivity contribution in [3.63, 3.8) is 0 Å². The third-order valence-electron chi connectivity index (χ3n) is 5.95. The number of para-hydroxylation sites is 1. The van der Waals surface area contributed by atoms with E-state index >= 15 is 0 Å². The number of carbonyl (C=O) groups excluding carboxylic acids is 2. The zero-order valence-corrected chi connectivity index (χ0v) is 16.9. The van der Waals surface area contributed by atoms with E-state index in [1.54, 1.807) is 0 Å². The Morgan fingerprint density at radius 1 is 0.793 bits per heavy atom. The molecule has 2 aliphatic rings. The summed E-state index contributed by atoms with van der Waals surface area (Å²) in [7, 11) is 0. The molecule has 1 saturated heterocycles. The molecule has 2 aliphatic heterocycles. The molecule has 152 valence electrons. The first-order valence-electron chi connectivity index (χ1n) is 10.7. The molecule has 0 unspecified atom stereocenters. The number of hydrogen-bond donors (Lipinski definition) is 0. The first-order chi connectivity index (χ1) is 14.2. The Hall–Kier alpha value is -2.66. The van der Waals surface area contributed by atoms with E-state index in [4.69, 9.17) is 0 Å². The van der Waals surface area contributed by atoms with Gasteiger partial charge in [-0.2, -0.15) is 0 Å². The Bertz CT molecular complexity index is 852. The van der Waals surface area contributed by atoms with Crippen LogP contribution in [0.1, 0.15) is 35.2 Å². The molecule has 5 nitrogen and oxygen atoms in total. The van der Waals surface area contributed by atoms with Gasteiger partial charge in [0.2, 0.25) is 5.91 Å². The number of fused-ring (bicyclic) bond motifs is 1. The van der Waals surface area contributed by atoms with E-state index in [0.717, 1.165) is 63.2 Å². The fourth-order valence-electron chi connectivity index (χ4n) is 4.34. The average Bonchev–Trinajstić information content (AvgIpc) is 3.03. The molecule has 4 rings (SSSR count). The number of amides is 2. The molecule has 0 aromatic heterocycles. The zero-order valence-electron chi connectivity index (χ0n) is 16.9. The number of aryl methyl sites for hydroxylation is 1. The Balaban J connectivity index is 1.30. The molecule has 5 heteroatoms. The van der Waals surface area contributed by atoms with Gasteiger partial charge in [0.25, 0.3) is 5.91 Å². The summed E-state index contributed by atoms with van der Waals surface area (Å²) in [6.07, 6.45) is 3.56. The van der Waals surface area contributed by atoms with E-state index in [1.807, 2.05) is 52.3 Å². The van der Waals surface area contributed by atoms with Crippen LogP contribution in [-0.2, 0) is 11.2 Å². The minimum absolute atomic E-state index is 0.105. The van der Waals surface area contributed by atoms with Crippen molar-refractivity contribution >= 4 is 17.5 Å². The van der Waals surface area contributed by atoms with Gasteiger partial charge in [-0.1, -0.05) is 36.4 Å². The third kappa shape index (κ3) is 4.67. The maximum absolute atomic E-state index is 12.9. The summed E-state index contributed by atoms with van der Waals surface area (Å²) in [5.41, 5.74) is 3.11.